The zero-order valence-electron chi connectivity index (χ0n) is 10.2. The molecule has 8 heteroatoms. The number of aryl methyl sites for hydroxylation is 1. The van der Waals surface area contributed by atoms with Crippen molar-refractivity contribution in [2.75, 3.05) is 5.32 Å². The lowest BCUT2D eigenvalue weighted by Crippen LogP contribution is -2.12. The molecule has 0 radical (unpaired) electrons. The summed E-state index contributed by atoms with van der Waals surface area (Å²) in [5.41, 5.74) is -0.273. The fourth-order valence-electron chi connectivity index (χ4n) is 1.46. The van der Waals surface area contributed by atoms with Gasteiger partial charge in [-0.1, -0.05) is 5.16 Å². The van der Waals surface area contributed by atoms with Crippen molar-refractivity contribution in [3.8, 4) is 0 Å². The Morgan fingerprint density at radius 1 is 1.25 bits per heavy atom. The van der Waals surface area contributed by atoms with E-state index in [1.807, 2.05) is 0 Å². The minimum absolute atomic E-state index is 0. The molecular formula is C12H10BrF3N2O2. The average Bonchev–Trinajstić information content (AvgIpc) is 2.75. The third kappa shape index (κ3) is 3.60. The highest BCUT2D eigenvalue weighted by atomic mass is 79.9. The molecule has 0 aliphatic heterocycles. The fourth-order valence-corrected chi connectivity index (χ4v) is 1.46. The van der Waals surface area contributed by atoms with E-state index in [0.717, 1.165) is 12.1 Å². The lowest BCUT2D eigenvalue weighted by Gasteiger charge is -2.08. The molecule has 0 aliphatic carbocycles. The van der Waals surface area contributed by atoms with Gasteiger partial charge in [-0.25, -0.2) is 0 Å². The fraction of sp³-hybridized carbons (Fsp3) is 0.167. The van der Waals surface area contributed by atoms with Gasteiger partial charge in [-0.05, 0) is 31.2 Å². The number of aromatic nitrogens is 1. The Labute approximate surface area is 122 Å². The van der Waals surface area contributed by atoms with Gasteiger partial charge >= 0.3 is 6.18 Å². The monoisotopic (exact) mass is 350 g/mol. The molecular weight excluding hydrogens is 341 g/mol. The van der Waals surface area contributed by atoms with E-state index in [9.17, 15) is 18.0 Å². The SMILES string of the molecule is Br.Cc1oncc1C(=O)Nc1ccc(C(F)(F)F)cc1. The maximum Gasteiger partial charge on any atom is 0.416 e. The Hall–Kier alpha value is -1.83. The predicted molar refractivity (Wildman–Crippen MR) is 71.0 cm³/mol. The standard InChI is InChI=1S/C12H9F3N2O2.BrH/c1-7-10(6-16-19-7)11(18)17-9-4-2-8(3-5-9)12(13,14)15;/h2-6H,1H3,(H,17,18);1H. The van der Waals surface area contributed by atoms with E-state index in [1.165, 1.54) is 18.3 Å². The molecule has 2 aromatic rings. The normalized spacial score (nSPS) is 10.8. The number of carbonyl (C=O) groups is 1. The van der Waals surface area contributed by atoms with Gasteiger partial charge in [0.2, 0.25) is 0 Å². The van der Waals surface area contributed by atoms with Gasteiger partial charge in [0.25, 0.3) is 5.91 Å². The van der Waals surface area contributed by atoms with Crippen LogP contribution in [0.2, 0.25) is 0 Å². The summed E-state index contributed by atoms with van der Waals surface area (Å²) in [5, 5.41) is 5.90. The quantitative estimate of drug-likeness (QED) is 0.895. The first kappa shape index (κ1) is 16.2. The Balaban J connectivity index is 0.00000200. The van der Waals surface area contributed by atoms with Gasteiger partial charge in [0.15, 0.2) is 0 Å². The number of hydrogen-bond acceptors (Lipinski definition) is 3. The van der Waals surface area contributed by atoms with Crippen LogP contribution in [-0.2, 0) is 6.18 Å². The van der Waals surface area contributed by atoms with Gasteiger partial charge in [-0.3, -0.25) is 4.79 Å². The third-order valence-electron chi connectivity index (χ3n) is 2.47. The van der Waals surface area contributed by atoms with Crippen molar-refractivity contribution in [1.82, 2.24) is 5.16 Å². The summed E-state index contributed by atoms with van der Waals surface area (Å²) in [6, 6.07) is 4.17. The topological polar surface area (TPSA) is 55.1 Å². The number of amides is 1. The van der Waals surface area contributed by atoms with Gasteiger partial charge in [0.05, 0.1) is 11.8 Å². The largest absolute Gasteiger partial charge is 0.416 e. The van der Waals surface area contributed by atoms with E-state index in [4.69, 9.17) is 4.52 Å². The van der Waals surface area contributed by atoms with Crippen LogP contribution in [0.4, 0.5) is 18.9 Å². The molecule has 108 valence electrons. The van der Waals surface area contributed by atoms with Crippen molar-refractivity contribution >= 4 is 28.6 Å². The summed E-state index contributed by atoms with van der Waals surface area (Å²) in [6.07, 6.45) is -3.15. The van der Waals surface area contributed by atoms with Crippen LogP contribution in [0, 0.1) is 6.92 Å². The molecule has 20 heavy (non-hydrogen) atoms. The maximum atomic E-state index is 12.4. The first-order valence-corrected chi connectivity index (χ1v) is 5.28. The van der Waals surface area contributed by atoms with Crippen LogP contribution in [0.1, 0.15) is 21.7 Å². The first-order valence-electron chi connectivity index (χ1n) is 5.28. The highest BCUT2D eigenvalue weighted by Crippen LogP contribution is 2.29. The second kappa shape index (κ2) is 6.08. The summed E-state index contributed by atoms with van der Waals surface area (Å²) in [4.78, 5) is 11.7. The number of nitrogens with zero attached hydrogens (tertiary/aromatic N) is 1. The lowest BCUT2D eigenvalue weighted by atomic mass is 10.2. The Morgan fingerprint density at radius 2 is 1.85 bits per heavy atom. The van der Waals surface area contributed by atoms with Crippen molar-refractivity contribution < 1.29 is 22.5 Å². The second-order valence-electron chi connectivity index (χ2n) is 3.82. The highest BCUT2D eigenvalue weighted by molar-refractivity contribution is 8.93. The summed E-state index contributed by atoms with van der Waals surface area (Å²) < 4.78 is 41.8. The smallest absolute Gasteiger partial charge is 0.361 e. The maximum absolute atomic E-state index is 12.4. The van der Waals surface area contributed by atoms with Crippen LogP contribution < -0.4 is 5.32 Å². The minimum Gasteiger partial charge on any atom is -0.361 e. The van der Waals surface area contributed by atoms with Crippen molar-refractivity contribution in [2.45, 2.75) is 13.1 Å². The molecule has 1 heterocycles. The summed E-state index contributed by atoms with van der Waals surface area (Å²) in [6.45, 7) is 1.56. The molecule has 0 saturated heterocycles. The van der Waals surface area contributed by atoms with E-state index in [0.29, 0.717) is 5.76 Å². The molecule has 0 aliphatic rings. The Kier molecular flexibility index (Phi) is 4.93. The molecule has 0 atom stereocenters. The van der Waals surface area contributed by atoms with Crippen molar-refractivity contribution in [1.29, 1.82) is 0 Å². The van der Waals surface area contributed by atoms with Crippen LogP contribution in [0.25, 0.3) is 0 Å². The highest BCUT2D eigenvalue weighted by Gasteiger charge is 2.30. The molecule has 1 aromatic heterocycles. The molecule has 0 spiro atoms. The molecule has 0 saturated carbocycles. The van der Waals surface area contributed by atoms with E-state index < -0.39 is 17.6 Å². The van der Waals surface area contributed by atoms with Gasteiger partial charge in [-0.15, -0.1) is 17.0 Å². The molecule has 2 rings (SSSR count). The summed E-state index contributed by atoms with van der Waals surface area (Å²) in [5.74, 6) is -0.150. The lowest BCUT2D eigenvalue weighted by molar-refractivity contribution is -0.137. The minimum atomic E-state index is -4.40. The number of benzene rings is 1. The summed E-state index contributed by atoms with van der Waals surface area (Å²) >= 11 is 0. The molecule has 4 nitrogen and oxygen atoms in total. The molecule has 0 bridgehead atoms. The zero-order chi connectivity index (χ0) is 14.0. The van der Waals surface area contributed by atoms with Crippen LogP contribution in [0.3, 0.4) is 0 Å². The van der Waals surface area contributed by atoms with Crippen molar-refractivity contribution in [3.63, 3.8) is 0 Å². The number of carbonyl (C=O) groups excluding carboxylic acids is 1. The number of halogens is 4. The van der Waals surface area contributed by atoms with Crippen molar-refractivity contribution in [3.05, 3.63) is 47.3 Å². The van der Waals surface area contributed by atoms with Crippen LogP contribution in [0.15, 0.2) is 35.0 Å². The van der Waals surface area contributed by atoms with E-state index in [1.54, 1.807) is 6.92 Å². The van der Waals surface area contributed by atoms with E-state index in [2.05, 4.69) is 10.5 Å². The van der Waals surface area contributed by atoms with Gasteiger partial charge < -0.3 is 9.84 Å². The Morgan fingerprint density at radius 3 is 2.30 bits per heavy atom. The second-order valence-corrected chi connectivity index (χ2v) is 3.82. The van der Waals surface area contributed by atoms with Crippen molar-refractivity contribution in [2.24, 2.45) is 0 Å². The molecule has 1 N–H and O–H groups in total. The van der Waals surface area contributed by atoms with Crippen LogP contribution in [0.5, 0.6) is 0 Å². The number of alkyl halides is 3. The van der Waals surface area contributed by atoms with Crippen LogP contribution >= 0.6 is 17.0 Å². The summed E-state index contributed by atoms with van der Waals surface area (Å²) in [7, 11) is 0. The Bertz CT molecular complexity index is 593. The zero-order valence-corrected chi connectivity index (χ0v) is 11.9. The van der Waals surface area contributed by atoms with E-state index in [-0.39, 0.29) is 28.2 Å². The van der Waals surface area contributed by atoms with Gasteiger partial charge in [0, 0.05) is 5.69 Å². The molecule has 1 amide bonds. The van der Waals surface area contributed by atoms with E-state index >= 15 is 0 Å². The molecule has 1 aromatic carbocycles. The van der Waals surface area contributed by atoms with Gasteiger partial charge in [-0.2, -0.15) is 13.2 Å². The molecule has 0 unspecified atom stereocenters. The molecule has 0 fully saturated rings. The third-order valence-corrected chi connectivity index (χ3v) is 2.47. The number of rotatable bonds is 2. The number of hydrogen-bond donors (Lipinski definition) is 1. The number of anilines is 1. The predicted octanol–water partition coefficient (Wildman–Crippen LogP) is 3.83. The first-order chi connectivity index (χ1) is 8.88. The average molecular weight is 351 g/mol. The van der Waals surface area contributed by atoms with Gasteiger partial charge in [0.1, 0.15) is 11.3 Å². The number of nitrogens with one attached hydrogen (secondary N) is 1. The van der Waals surface area contributed by atoms with Crippen LogP contribution in [-0.4, -0.2) is 11.1 Å².